The Morgan fingerprint density at radius 1 is 1.19 bits per heavy atom. The summed E-state index contributed by atoms with van der Waals surface area (Å²) in [4.78, 5) is 36.6. The van der Waals surface area contributed by atoms with E-state index in [4.69, 9.17) is 4.74 Å². The van der Waals surface area contributed by atoms with Gasteiger partial charge in [0.2, 0.25) is 5.91 Å². The monoisotopic (exact) mass is 371 g/mol. The number of ether oxygens (including phenoxy) is 1. The molecule has 0 saturated carbocycles. The number of hydrogen-bond acceptors (Lipinski definition) is 5. The standard InChI is InChI=1S/C19H21N3O5/c1-12-6-5-7-13(2)18(12)20-17(23)11-21(3)19(24)15-10-14(22(25)26)8-9-16(15)27-4/h5-10H,11H2,1-4H3,(H,20,23). The summed E-state index contributed by atoms with van der Waals surface area (Å²) in [5.41, 5.74) is 2.33. The number of para-hydroxylation sites is 1. The highest BCUT2D eigenvalue weighted by Gasteiger charge is 2.22. The Kier molecular flexibility index (Phi) is 6.12. The zero-order chi connectivity index (χ0) is 20.1. The number of nitro groups is 1. The second-order valence-corrected chi connectivity index (χ2v) is 6.12. The molecule has 0 aliphatic carbocycles. The lowest BCUT2D eigenvalue weighted by Crippen LogP contribution is -2.35. The predicted molar refractivity (Wildman–Crippen MR) is 101 cm³/mol. The number of anilines is 1. The second-order valence-electron chi connectivity index (χ2n) is 6.12. The molecular weight excluding hydrogens is 350 g/mol. The number of nitro benzene ring substituents is 1. The average molecular weight is 371 g/mol. The molecule has 0 atom stereocenters. The van der Waals surface area contributed by atoms with Crippen LogP contribution in [0.1, 0.15) is 21.5 Å². The van der Waals surface area contributed by atoms with Crippen LogP contribution in [0.4, 0.5) is 11.4 Å². The molecule has 0 aliphatic rings. The molecule has 0 heterocycles. The second kappa shape index (κ2) is 8.31. The quantitative estimate of drug-likeness (QED) is 0.621. The summed E-state index contributed by atoms with van der Waals surface area (Å²) in [5, 5.41) is 13.8. The van der Waals surface area contributed by atoms with E-state index in [0.29, 0.717) is 5.69 Å². The summed E-state index contributed by atoms with van der Waals surface area (Å²) in [6.07, 6.45) is 0. The van der Waals surface area contributed by atoms with Crippen LogP contribution in [-0.4, -0.2) is 42.3 Å². The van der Waals surface area contributed by atoms with Gasteiger partial charge < -0.3 is 15.0 Å². The molecule has 0 fully saturated rings. The fourth-order valence-electron chi connectivity index (χ4n) is 2.66. The van der Waals surface area contributed by atoms with Crippen LogP contribution in [0.2, 0.25) is 0 Å². The number of benzene rings is 2. The van der Waals surface area contributed by atoms with Crippen molar-refractivity contribution in [3.05, 3.63) is 63.2 Å². The van der Waals surface area contributed by atoms with Crippen LogP contribution in [0.3, 0.4) is 0 Å². The Bertz CT molecular complexity index is 875. The number of hydrogen-bond donors (Lipinski definition) is 1. The van der Waals surface area contributed by atoms with Gasteiger partial charge in [0.1, 0.15) is 5.75 Å². The zero-order valence-electron chi connectivity index (χ0n) is 15.6. The maximum atomic E-state index is 12.7. The molecule has 2 amide bonds. The first-order chi connectivity index (χ1) is 12.7. The lowest BCUT2D eigenvalue weighted by molar-refractivity contribution is -0.384. The van der Waals surface area contributed by atoms with Crippen LogP contribution in [0.25, 0.3) is 0 Å². The molecular formula is C19H21N3O5. The van der Waals surface area contributed by atoms with Gasteiger partial charge >= 0.3 is 0 Å². The minimum absolute atomic E-state index is 0.0223. The molecule has 0 spiro atoms. The molecule has 142 valence electrons. The SMILES string of the molecule is COc1ccc([N+](=O)[O-])cc1C(=O)N(C)CC(=O)Nc1c(C)cccc1C. The number of methoxy groups -OCH3 is 1. The first kappa shape index (κ1) is 19.9. The van der Waals surface area contributed by atoms with E-state index in [9.17, 15) is 19.7 Å². The molecule has 0 bridgehead atoms. The van der Waals surface area contributed by atoms with Gasteiger partial charge in [0.25, 0.3) is 11.6 Å². The number of carbonyl (C=O) groups is 2. The molecule has 27 heavy (non-hydrogen) atoms. The predicted octanol–water partition coefficient (Wildman–Crippen LogP) is 2.93. The van der Waals surface area contributed by atoms with E-state index in [1.165, 1.54) is 31.2 Å². The van der Waals surface area contributed by atoms with E-state index in [1.54, 1.807) is 0 Å². The first-order valence-corrected chi connectivity index (χ1v) is 8.18. The van der Waals surface area contributed by atoms with Crippen LogP contribution in [0.15, 0.2) is 36.4 Å². The van der Waals surface area contributed by atoms with Crippen molar-refractivity contribution in [3.8, 4) is 5.75 Å². The maximum absolute atomic E-state index is 12.7. The highest BCUT2D eigenvalue weighted by atomic mass is 16.6. The van der Waals surface area contributed by atoms with Crippen molar-refractivity contribution in [1.82, 2.24) is 4.90 Å². The van der Waals surface area contributed by atoms with Gasteiger partial charge in [-0.1, -0.05) is 18.2 Å². The summed E-state index contributed by atoms with van der Waals surface area (Å²) < 4.78 is 5.11. The maximum Gasteiger partial charge on any atom is 0.270 e. The smallest absolute Gasteiger partial charge is 0.270 e. The first-order valence-electron chi connectivity index (χ1n) is 8.18. The van der Waals surface area contributed by atoms with E-state index >= 15 is 0 Å². The molecule has 8 heteroatoms. The Labute approximate surface area is 156 Å². The van der Waals surface area contributed by atoms with Gasteiger partial charge in [-0.25, -0.2) is 0 Å². The minimum atomic E-state index is -0.593. The Morgan fingerprint density at radius 2 is 1.81 bits per heavy atom. The van der Waals surface area contributed by atoms with Crippen molar-refractivity contribution in [3.63, 3.8) is 0 Å². The van der Waals surface area contributed by atoms with Crippen molar-refractivity contribution < 1.29 is 19.2 Å². The van der Waals surface area contributed by atoms with E-state index in [2.05, 4.69) is 5.32 Å². The molecule has 0 saturated heterocycles. The lowest BCUT2D eigenvalue weighted by Gasteiger charge is -2.19. The largest absolute Gasteiger partial charge is 0.496 e. The van der Waals surface area contributed by atoms with Crippen molar-refractivity contribution >= 4 is 23.2 Å². The fourth-order valence-corrected chi connectivity index (χ4v) is 2.66. The molecule has 2 rings (SSSR count). The van der Waals surface area contributed by atoms with Gasteiger partial charge in [0.05, 0.1) is 24.1 Å². The van der Waals surface area contributed by atoms with Crippen LogP contribution >= 0.6 is 0 Å². The molecule has 8 nitrogen and oxygen atoms in total. The fraction of sp³-hybridized carbons (Fsp3) is 0.263. The molecule has 2 aromatic rings. The minimum Gasteiger partial charge on any atom is -0.496 e. The number of non-ortho nitro benzene ring substituents is 1. The van der Waals surface area contributed by atoms with Gasteiger partial charge in [-0.2, -0.15) is 0 Å². The Morgan fingerprint density at radius 3 is 2.37 bits per heavy atom. The highest BCUT2D eigenvalue weighted by molar-refractivity contribution is 6.01. The van der Waals surface area contributed by atoms with Gasteiger partial charge in [-0.3, -0.25) is 19.7 Å². The van der Waals surface area contributed by atoms with Gasteiger partial charge in [-0.15, -0.1) is 0 Å². The number of likely N-dealkylation sites (N-methyl/N-ethyl adjacent to an activating group) is 1. The summed E-state index contributed by atoms with van der Waals surface area (Å²) in [6, 6.07) is 9.40. The van der Waals surface area contributed by atoms with Crippen molar-refractivity contribution in [2.45, 2.75) is 13.8 Å². The lowest BCUT2D eigenvalue weighted by atomic mass is 10.1. The van der Waals surface area contributed by atoms with E-state index in [-0.39, 0.29) is 29.5 Å². The van der Waals surface area contributed by atoms with Crippen LogP contribution in [0.5, 0.6) is 5.75 Å². The third kappa shape index (κ3) is 4.60. The normalized spacial score (nSPS) is 10.2. The molecule has 0 radical (unpaired) electrons. The third-order valence-electron chi connectivity index (χ3n) is 4.10. The van der Waals surface area contributed by atoms with Crippen LogP contribution < -0.4 is 10.1 Å². The highest BCUT2D eigenvalue weighted by Crippen LogP contribution is 2.25. The number of nitrogens with zero attached hydrogens (tertiary/aromatic N) is 2. The number of amides is 2. The average Bonchev–Trinajstić information content (AvgIpc) is 2.63. The van der Waals surface area contributed by atoms with E-state index in [1.807, 2.05) is 32.0 Å². The van der Waals surface area contributed by atoms with Gasteiger partial charge in [0.15, 0.2) is 0 Å². The van der Waals surface area contributed by atoms with Gasteiger partial charge in [0, 0.05) is 24.9 Å². The summed E-state index contributed by atoms with van der Waals surface area (Å²) >= 11 is 0. The Hall–Kier alpha value is -3.42. The molecule has 0 unspecified atom stereocenters. The van der Waals surface area contributed by atoms with Crippen molar-refractivity contribution in [2.75, 3.05) is 26.0 Å². The van der Waals surface area contributed by atoms with Crippen molar-refractivity contribution in [1.29, 1.82) is 0 Å². The van der Waals surface area contributed by atoms with E-state index in [0.717, 1.165) is 17.2 Å². The molecule has 0 aliphatic heterocycles. The molecule has 1 N–H and O–H groups in total. The number of nitrogens with one attached hydrogen (secondary N) is 1. The number of aryl methyl sites for hydroxylation is 2. The molecule has 0 aromatic heterocycles. The van der Waals surface area contributed by atoms with E-state index < -0.39 is 10.8 Å². The zero-order valence-corrected chi connectivity index (χ0v) is 15.6. The van der Waals surface area contributed by atoms with Crippen LogP contribution in [0, 0.1) is 24.0 Å². The summed E-state index contributed by atoms with van der Waals surface area (Å²) in [6.45, 7) is 3.55. The Balaban J connectivity index is 2.17. The third-order valence-corrected chi connectivity index (χ3v) is 4.10. The van der Waals surface area contributed by atoms with Crippen LogP contribution in [-0.2, 0) is 4.79 Å². The van der Waals surface area contributed by atoms with Gasteiger partial charge in [-0.05, 0) is 31.0 Å². The van der Waals surface area contributed by atoms with Crippen molar-refractivity contribution in [2.24, 2.45) is 0 Å². The number of carbonyl (C=O) groups excluding carboxylic acids is 2. The number of rotatable bonds is 6. The topological polar surface area (TPSA) is 102 Å². The summed E-state index contributed by atoms with van der Waals surface area (Å²) in [7, 11) is 2.82. The summed E-state index contributed by atoms with van der Waals surface area (Å²) in [5.74, 6) is -0.715. The molecule has 2 aromatic carbocycles.